The molecule has 0 aliphatic heterocycles. The first-order chi connectivity index (χ1) is 6.68. The van der Waals surface area contributed by atoms with E-state index in [2.05, 4.69) is 10.3 Å². The standard InChI is InChI=1S/C10H11FN2O/c1-8(14)12-5-2-3-10-7-9(11)4-6-13-10/h2-4,6-7H,5H2,1H3,(H,12,14). The number of rotatable bonds is 3. The monoisotopic (exact) mass is 194 g/mol. The first-order valence-corrected chi connectivity index (χ1v) is 4.21. The molecule has 0 radical (unpaired) electrons. The lowest BCUT2D eigenvalue weighted by atomic mass is 10.3. The van der Waals surface area contributed by atoms with Gasteiger partial charge in [0.25, 0.3) is 0 Å². The minimum atomic E-state index is -0.320. The zero-order chi connectivity index (χ0) is 10.4. The Kier molecular flexibility index (Phi) is 3.79. The second-order valence-corrected chi connectivity index (χ2v) is 2.74. The molecule has 1 rings (SSSR count). The van der Waals surface area contributed by atoms with Gasteiger partial charge in [0.15, 0.2) is 0 Å². The van der Waals surface area contributed by atoms with Crippen LogP contribution >= 0.6 is 0 Å². The molecule has 0 saturated carbocycles. The second kappa shape index (κ2) is 5.11. The molecule has 0 aromatic carbocycles. The first kappa shape index (κ1) is 10.4. The smallest absolute Gasteiger partial charge is 0.217 e. The van der Waals surface area contributed by atoms with Gasteiger partial charge in [0.05, 0.1) is 5.69 Å². The van der Waals surface area contributed by atoms with Gasteiger partial charge in [0, 0.05) is 19.7 Å². The summed E-state index contributed by atoms with van der Waals surface area (Å²) < 4.78 is 12.7. The number of amides is 1. The van der Waals surface area contributed by atoms with E-state index in [-0.39, 0.29) is 11.7 Å². The average molecular weight is 194 g/mol. The lowest BCUT2D eigenvalue weighted by molar-refractivity contribution is -0.118. The van der Waals surface area contributed by atoms with E-state index in [4.69, 9.17) is 0 Å². The molecule has 0 aliphatic carbocycles. The van der Waals surface area contributed by atoms with Crippen LogP contribution in [0.2, 0.25) is 0 Å². The Hall–Kier alpha value is -1.71. The van der Waals surface area contributed by atoms with Gasteiger partial charge in [0.1, 0.15) is 5.82 Å². The molecule has 0 unspecified atom stereocenters. The Bertz CT molecular complexity index is 350. The number of halogens is 1. The second-order valence-electron chi connectivity index (χ2n) is 2.74. The van der Waals surface area contributed by atoms with Crippen molar-refractivity contribution >= 4 is 12.0 Å². The Morgan fingerprint density at radius 1 is 1.71 bits per heavy atom. The highest BCUT2D eigenvalue weighted by molar-refractivity contribution is 5.73. The average Bonchev–Trinajstić information content (AvgIpc) is 2.12. The van der Waals surface area contributed by atoms with Crippen LogP contribution in [-0.4, -0.2) is 17.4 Å². The van der Waals surface area contributed by atoms with Gasteiger partial charge in [-0.3, -0.25) is 9.78 Å². The summed E-state index contributed by atoms with van der Waals surface area (Å²) in [5, 5.41) is 2.58. The van der Waals surface area contributed by atoms with Crippen LogP contribution in [0.25, 0.3) is 6.08 Å². The summed E-state index contributed by atoms with van der Waals surface area (Å²) >= 11 is 0. The van der Waals surface area contributed by atoms with Crippen LogP contribution < -0.4 is 5.32 Å². The van der Waals surface area contributed by atoms with Crippen molar-refractivity contribution in [1.82, 2.24) is 10.3 Å². The maximum atomic E-state index is 12.7. The number of carbonyl (C=O) groups excluding carboxylic acids is 1. The largest absolute Gasteiger partial charge is 0.353 e. The fourth-order valence-electron chi connectivity index (χ4n) is 0.895. The molecule has 0 bridgehead atoms. The molecule has 74 valence electrons. The van der Waals surface area contributed by atoms with E-state index in [1.807, 2.05) is 0 Å². The molecule has 0 atom stereocenters. The molecule has 1 N–H and O–H groups in total. The fourth-order valence-corrected chi connectivity index (χ4v) is 0.895. The van der Waals surface area contributed by atoms with Crippen molar-refractivity contribution in [2.45, 2.75) is 6.92 Å². The van der Waals surface area contributed by atoms with Crippen molar-refractivity contribution in [3.63, 3.8) is 0 Å². The van der Waals surface area contributed by atoms with Crippen LogP contribution in [0.4, 0.5) is 4.39 Å². The van der Waals surface area contributed by atoms with Gasteiger partial charge in [-0.1, -0.05) is 6.08 Å². The summed E-state index contributed by atoms with van der Waals surface area (Å²) in [5.74, 6) is -0.416. The Balaban J connectivity index is 2.47. The van der Waals surface area contributed by atoms with Crippen molar-refractivity contribution in [1.29, 1.82) is 0 Å². The summed E-state index contributed by atoms with van der Waals surface area (Å²) in [6.07, 6.45) is 4.76. The summed E-state index contributed by atoms with van der Waals surface area (Å²) in [5.41, 5.74) is 0.537. The third-order valence-corrected chi connectivity index (χ3v) is 1.50. The van der Waals surface area contributed by atoms with E-state index in [1.165, 1.54) is 25.3 Å². The highest BCUT2D eigenvalue weighted by Crippen LogP contribution is 2.00. The number of hydrogen-bond donors (Lipinski definition) is 1. The molecule has 14 heavy (non-hydrogen) atoms. The normalized spacial score (nSPS) is 10.4. The van der Waals surface area contributed by atoms with Crippen LogP contribution in [0.1, 0.15) is 12.6 Å². The van der Waals surface area contributed by atoms with Crippen LogP contribution in [0.5, 0.6) is 0 Å². The number of aromatic nitrogens is 1. The lowest BCUT2D eigenvalue weighted by Gasteiger charge is -1.95. The Labute approximate surface area is 81.7 Å². The minimum absolute atomic E-state index is 0.0955. The summed E-state index contributed by atoms with van der Waals surface area (Å²) in [6.45, 7) is 1.86. The number of hydrogen-bond acceptors (Lipinski definition) is 2. The molecule has 1 amide bonds. The van der Waals surface area contributed by atoms with Crippen molar-refractivity contribution in [3.8, 4) is 0 Å². The molecule has 0 fully saturated rings. The molecule has 1 aromatic heterocycles. The maximum absolute atomic E-state index is 12.7. The van der Waals surface area contributed by atoms with Gasteiger partial charge in [-0.15, -0.1) is 0 Å². The van der Waals surface area contributed by atoms with Gasteiger partial charge < -0.3 is 5.32 Å². The highest BCUT2D eigenvalue weighted by Gasteiger charge is 1.91. The van der Waals surface area contributed by atoms with Crippen molar-refractivity contribution in [3.05, 3.63) is 35.9 Å². The van der Waals surface area contributed by atoms with Crippen LogP contribution in [-0.2, 0) is 4.79 Å². The van der Waals surface area contributed by atoms with Crippen molar-refractivity contribution in [2.75, 3.05) is 6.54 Å². The van der Waals surface area contributed by atoms with Crippen molar-refractivity contribution in [2.24, 2.45) is 0 Å². The zero-order valence-corrected chi connectivity index (χ0v) is 7.83. The predicted molar refractivity (Wildman–Crippen MR) is 51.9 cm³/mol. The SMILES string of the molecule is CC(=O)NCC=Cc1cc(F)ccn1. The molecule has 1 heterocycles. The van der Waals surface area contributed by atoms with E-state index in [1.54, 1.807) is 12.2 Å². The summed E-state index contributed by atoms with van der Waals surface area (Å²) in [6, 6.07) is 2.61. The zero-order valence-electron chi connectivity index (χ0n) is 7.83. The van der Waals surface area contributed by atoms with Crippen molar-refractivity contribution < 1.29 is 9.18 Å². The molecule has 4 heteroatoms. The van der Waals surface area contributed by atoms with Gasteiger partial charge >= 0.3 is 0 Å². The summed E-state index contributed by atoms with van der Waals surface area (Å²) in [4.78, 5) is 14.4. The van der Waals surface area contributed by atoms with Crippen LogP contribution in [0.3, 0.4) is 0 Å². The maximum Gasteiger partial charge on any atom is 0.217 e. The quantitative estimate of drug-likeness (QED) is 0.789. The van der Waals surface area contributed by atoms with Gasteiger partial charge in [-0.2, -0.15) is 0 Å². The first-order valence-electron chi connectivity index (χ1n) is 4.21. The molecule has 0 spiro atoms. The third kappa shape index (κ3) is 3.80. The van der Waals surface area contributed by atoms with Gasteiger partial charge in [-0.25, -0.2) is 4.39 Å². The lowest BCUT2D eigenvalue weighted by Crippen LogP contribution is -2.19. The Morgan fingerprint density at radius 3 is 3.14 bits per heavy atom. The highest BCUT2D eigenvalue weighted by atomic mass is 19.1. The van der Waals surface area contributed by atoms with Gasteiger partial charge in [-0.05, 0) is 18.2 Å². The van der Waals surface area contributed by atoms with E-state index >= 15 is 0 Å². The molecular weight excluding hydrogens is 183 g/mol. The van der Waals surface area contributed by atoms with E-state index in [0.29, 0.717) is 12.2 Å². The molecule has 1 aromatic rings. The molecule has 0 saturated heterocycles. The molecular formula is C10H11FN2O. The predicted octanol–water partition coefficient (Wildman–Crippen LogP) is 1.37. The topological polar surface area (TPSA) is 42.0 Å². The third-order valence-electron chi connectivity index (χ3n) is 1.50. The van der Waals surface area contributed by atoms with E-state index in [0.717, 1.165) is 0 Å². The molecule has 3 nitrogen and oxygen atoms in total. The summed E-state index contributed by atoms with van der Waals surface area (Å²) in [7, 11) is 0. The van der Waals surface area contributed by atoms with Crippen LogP contribution in [0, 0.1) is 5.82 Å². The number of pyridine rings is 1. The fraction of sp³-hybridized carbons (Fsp3) is 0.200. The van der Waals surface area contributed by atoms with Crippen LogP contribution in [0.15, 0.2) is 24.4 Å². The van der Waals surface area contributed by atoms with E-state index < -0.39 is 0 Å². The van der Waals surface area contributed by atoms with Gasteiger partial charge in [0.2, 0.25) is 5.91 Å². The van der Waals surface area contributed by atoms with E-state index in [9.17, 15) is 9.18 Å². The Morgan fingerprint density at radius 2 is 2.50 bits per heavy atom. The minimum Gasteiger partial charge on any atom is -0.353 e. The number of carbonyl (C=O) groups is 1. The molecule has 0 aliphatic rings. The number of nitrogens with zero attached hydrogens (tertiary/aromatic N) is 1. The number of nitrogens with one attached hydrogen (secondary N) is 1.